The number of halogens is 2. The third-order valence-corrected chi connectivity index (χ3v) is 5.37. The third kappa shape index (κ3) is 3.56. The number of furan rings is 1. The van der Waals surface area contributed by atoms with Crippen molar-refractivity contribution in [3.8, 4) is 5.75 Å². The van der Waals surface area contributed by atoms with Crippen LogP contribution in [-0.4, -0.2) is 26.8 Å². The van der Waals surface area contributed by atoms with E-state index in [1.54, 1.807) is 30.3 Å². The number of nitrogens with zero attached hydrogens (tertiary/aromatic N) is 1. The first-order valence-corrected chi connectivity index (χ1v) is 9.67. The van der Waals surface area contributed by atoms with Gasteiger partial charge in [0.1, 0.15) is 17.3 Å². The number of phenolic OH excluding ortho intramolecular Hbond substituents is 1. The van der Waals surface area contributed by atoms with Crippen LogP contribution in [0.5, 0.6) is 5.75 Å². The molecule has 0 aliphatic carbocycles. The van der Waals surface area contributed by atoms with Crippen molar-refractivity contribution in [2.24, 2.45) is 0 Å². The van der Waals surface area contributed by atoms with E-state index in [4.69, 9.17) is 27.6 Å². The zero-order valence-corrected chi connectivity index (χ0v) is 16.9. The highest BCUT2D eigenvalue weighted by molar-refractivity contribution is 6.46. The van der Waals surface area contributed by atoms with Crippen molar-refractivity contribution in [1.29, 1.82) is 0 Å². The van der Waals surface area contributed by atoms with E-state index in [9.17, 15) is 19.8 Å². The van der Waals surface area contributed by atoms with Gasteiger partial charge in [0.25, 0.3) is 11.7 Å². The SMILES string of the molecule is O=C1C(=O)N(Cc2ccco2)C(c2ccc(O)c(Cl)c2)/C1=C(/O)c1cccc(Cl)c1. The maximum atomic E-state index is 12.9. The summed E-state index contributed by atoms with van der Waals surface area (Å²) in [7, 11) is 0. The molecule has 0 bridgehead atoms. The van der Waals surface area contributed by atoms with Gasteiger partial charge in [-0.15, -0.1) is 0 Å². The summed E-state index contributed by atoms with van der Waals surface area (Å²) in [4.78, 5) is 27.1. The van der Waals surface area contributed by atoms with Gasteiger partial charge in [0, 0.05) is 10.6 Å². The number of aliphatic hydroxyl groups excluding tert-OH is 1. The van der Waals surface area contributed by atoms with Crippen molar-refractivity contribution in [3.05, 3.63) is 93.4 Å². The van der Waals surface area contributed by atoms with Crippen LogP contribution in [0.1, 0.15) is 22.9 Å². The van der Waals surface area contributed by atoms with E-state index < -0.39 is 17.7 Å². The molecule has 2 aromatic carbocycles. The Morgan fingerprint density at radius 2 is 1.87 bits per heavy atom. The highest BCUT2D eigenvalue weighted by atomic mass is 35.5. The fraction of sp³-hybridized carbons (Fsp3) is 0.0909. The number of aromatic hydroxyl groups is 1. The zero-order chi connectivity index (χ0) is 21.4. The van der Waals surface area contributed by atoms with Crippen molar-refractivity contribution in [2.45, 2.75) is 12.6 Å². The lowest BCUT2D eigenvalue weighted by Gasteiger charge is -2.24. The second-order valence-electron chi connectivity index (χ2n) is 6.73. The van der Waals surface area contributed by atoms with Crippen LogP contribution in [0.15, 0.2) is 70.9 Å². The van der Waals surface area contributed by atoms with Crippen molar-refractivity contribution in [1.82, 2.24) is 4.90 Å². The predicted molar refractivity (Wildman–Crippen MR) is 111 cm³/mol. The summed E-state index contributed by atoms with van der Waals surface area (Å²) in [5.41, 5.74) is 0.649. The standard InChI is InChI=1S/C22H15Cl2NO5/c23-14-4-1-3-13(9-14)20(27)18-19(12-6-7-17(26)16(24)10-12)25(22(29)21(18)28)11-15-5-2-8-30-15/h1-10,19,26-27H,11H2/b20-18-. The number of phenols is 1. The van der Waals surface area contributed by atoms with Gasteiger partial charge in [-0.1, -0.05) is 41.4 Å². The molecule has 0 spiro atoms. The van der Waals surface area contributed by atoms with Gasteiger partial charge in [-0.2, -0.15) is 0 Å². The summed E-state index contributed by atoms with van der Waals surface area (Å²) in [5, 5.41) is 21.1. The van der Waals surface area contributed by atoms with Crippen molar-refractivity contribution >= 4 is 40.7 Å². The fourth-order valence-electron chi connectivity index (χ4n) is 3.44. The number of hydrogen-bond acceptors (Lipinski definition) is 5. The van der Waals surface area contributed by atoms with E-state index in [-0.39, 0.29) is 28.6 Å². The Kier molecular flexibility index (Phi) is 5.28. The molecule has 1 aliphatic rings. The number of carbonyl (C=O) groups is 2. The molecule has 4 rings (SSSR count). The molecule has 2 N–H and O–H groups in total. The van der Waals surface area contributed by atoms with Gasteiger partial charge in [-0.25, -0.2) is 0 Å². The molecule has 1 saturated heterocycles. The molecule has 2 heterocycles. The van der Waals surface area contributed by atoms with E-state index in [0.29, 0.717) is 21.9 Å². The summed E-state index contributed by atoms with van der Waals surface area (Å²) >= 11 is 12.1. The molecule has 30 heavy (non-hydrogen) atoms. The summed E-state index contributed by atoms with van der Waals surface area (Å²) < 4.78 is 5.33. The van der Waals surface area contributed by atoms with E-state index in [1.807, 2.05) is 0 Å². The molecule has 0 saturated carbocycles. The normalized spacial score (nSPS) is 18.2. The fourth-order valence-corrected chi connectivity index (χ4v) is 3.82. The molecule has 1 unspecified atom stereocenters. The molecule has 152 valence electrons. The van der Waals surface area contributed by atoms with Gasteiger partial charge in [-0.05, 0) is 42.0 Å². The molecule has 6 nitrogen and oxygen atoms in total. The topological polar surface area (TPSA) is 91.0 Å². The second kappa shape index (κ2) is 7.89. The number of benzene rings is 2. The van der Waals surface area contributed by atoms with E-state index in [0.717, 1.165) is 0 Å². The molecule has 1 aromatic heterocycles. The van der Waals surface area contributed by atoms with Crippen LogP contribution < -0.4 is 0 Å². The molecule has 1 aliphatic heterocycles. The van der Waals surface area contributed by atoms with E-state index in [2.05, 4.69) is 0 Å². The third-order valence-electron chi connectivity index (χ3n) is 4.83. The molecule has 1 amide bonds. The van der Waals surface area contributed by atoms with Crippen LogP contribution in [0.2, 0.25) is 10.0 Å². The number of carbonyl (C=O) groups excluding carboxylic acids is 2. The Hall–Kier alpha value is -3.22. The maximum absolute atomic E-state index is 12.9. The van der Waals surface area contributed by atoms with Crippen LogP contribution in [0.25, 0.3) is 5.76 Å². The van der Waals surface area contributed by atoms with Gasteiger partial charge in [-0.3, -0.25) is 9.59 Å². The second-order valence-corrected chi connectivity index (χ2v) is 7.57. The number of hydrogen-bond donors (Lipinski definition) is 2. The minimum Gasteiger partial charge on any atom is -0.507 e. The molecule has 8 heteroatoms. The van der Waals surface area contributed by atoms with Crippen molar-refractivity contribution in [3.63, 3.8) is 0 Å². The van der Waals surface area contributed by atoms with Crippen LogP contribution in [0, 0.1) is 0 Å². The zero-order valence-electron chi connectivity index (χ0n) is 15.4. The lowest BCUT2D eigenvalue weighted by molar-refractivity contribution is -0.140. The summed E-state index contributed by atoms with van der Waals surface area (Å²) in [6.07, 6.45) is 1.46. The Morgan fingerprint density at radius 1 is 1.07 bits per heavy atom. The number of aliphatic hydroxyl groups is 1. The average molecular weight is 444 g/mol. The molecule has 0 radical (unpaired) electrons. The Balaban J connectivity index is 1.90. The number of rotatable bonds is 4. The molecule has 1 atom stereocenters. The van der Waals surface area contributed by atoms with E-state index in [1.165, 1.54) is 35.4 Å². The number of ketones is 1. The van der Waals surface area contributed by atoms with Gasteiger partial charge >= 0.3 is 0 Å². The van der Waals surface area contributed by atoms with Crippen molar-refractivity contribution in [2.75, 3.05) is 0 Å². The smallest absolute Gasteiger partial charge is 0.296 e. The van der Waals surface area contributed by atoms with Crippen molar-refractivity contribution < 1.29 is 24.2 Å². The first kappa shape index (κ1) is 20.1. The van der Waals surface area contributed by atoms with E-state index >= 15 is 0 Å². The maximum Gasteiger partial charge on any atom is 0.296 e. The van der Waals surface area contributed by atoms with Gasteiger partial charge in [0.05, 0.1) is 29.4 Å². The summed E-state index contributed by atoms with van der Waals surface area (Å²) in [6.45, 7) is 0.00701. The Bertz CT molecular complexity index is 1170. The number of likely N-dealkylation sites (tertiary alicyclic amines) is 1. The minimum absolute atomic E-state index is 0.00701. The Labute approximate surface area is 181 Å². The first-order valence-electron chi connectivity index (χ1n) is 8.92. The largest absolute Gasteiger partial charge is 0.507 e. The molecular formula is C22H15Cl2NO5. The predicted octanol–water partition coefficient (Wildman–Crippen LogP) is 4.91. The van der Waals surface area contributed by atoms with Crippen LogP contribution in [0.3, 0.4) is 0 Å². The molecule has 1 fully saturated rings. The lowest BCUT2D eigenvalue weighted by Crippen LogP contribution is -2.29. The average Bonchev–Trinajstić information content (AvgIpc) is 3.32. The highest BCUT2D eigenvalue weighted by Gasteiger charge is 2.46. The number of amides is 1. The lowest BCUT2D eigenvalue weighted by atomic mass is 9.95. The minimum atomic E-state index is -0.938. The quantitative estimate of drug-likeness (QED) is 0.339. The van der Waals surface area contributed by atoms with Gasteiger partial charge in [0.2, 0.25) is 0 Å². The van der Waals surface area contributed by atoms with Crippen LogP contribution in [-0.2, 0) is 16.1 Å². The Morgan fingerprint density at radius 3 is 2.53 bits per heavy atom. The monoisotopic (exact) mass is 443 g/mol. The van der Waals surface area contributed by atoms with Crippen LogP contribution >= 0.6 is 23.2 Å². The molecule has 3 aromatic rings. The number of Topliss-reactive ketones (excluding diaryl/α,β-unsaturated/α-hetero) is 1. The summed E-state index contributed by atoms with van der Waals surface area (Å²) in [5.74, 6) is -1.66. The summed E-state index contributed by atoms with van der Waals surface area (Å²) in [6, 6.07) is 13.1. The first-order chi connectivity index (χ1) is 14.4. The van der Waals surface area contributed by atoms with Crippen LogP contribution in [0.4, 0.5) is 0 Å². The van der Waals surface area contributed by atoms with Gasteiger partial charge in [0.15, 0.2) is 0 Å². The molecular weight excluding hydrogens is 429 g/mol. The highest BCUT2D eigenvalue weighted by Crippen LogP contribution is 2.42. The van der Waals surface area contributed by atoms with Gasteiger partial charge < -0.3 is 19.5 Å².